The largest absolute Gasteiger partial charge is 0.493 e. The summed E-state index contributed by atoms with van der Waals surface area (Å²) in [7, 11) is 1.61. The Bertz CT molecular complexity index is 800. The predicted molar refractivity (Wildman–Crippen MR) is 116 cm³/mol. The van der Waals surface area contributed by atoms with Crippen LogP contribution in [0.2, 0.25) is 0 Å². The smallest absolute Gasteiger partial charge is 0.167 e. The van der Waals surface area contributed by atoms with Gasteiger partial charge < -0.3 is 14.8 Å². The summed E-state index contributed by atoms with van der Waals surface area (Å²) in [5.74, 6) is 0.978. The van der Waals surface area contributed by atoms with Gasteiger partial charge in [0.25, 0.3) is 0 Å². The van der Waals surface area contributed by atoms with Gasteiger partial charge in [-0.05, 0) is 43.9 Å². The minimum Gasteiger partial charge on any atom is -0.493 e. The highest BCUT2D eigenvalue weighted by Crippen LogP contribution is 2.37. The fraction of sp³-hybridized carbons (Fsp3) is 0.478. The molecule has 0 amide bonds. The van der Waals surface area contributed by atoms with E-state index in [1.165, 1.54) is 6.07 Å². The molecule has 2 rings (SSSR count). The first-order chi connectivity index (χ1) is 13.0. The van der Waals surface area contributed by atoms with Gasteiger partial charge in [0.05, 0.1) is 7.11 Å². The van der Waals surface area contributed by atoms with E-state index in [-0.39, 0.29) is 23.4 Å². The van der Waals surface area contributed by atoms with Crippen molar-refractivity contribution in [2.75, 3.05) is 7.11 Å². The van der Waals surface area contributed by atoms with Gasteiger partial charge in [0.2, 0.25) is 0 Å². The van der Waals surface area contributed by atoms with E-state index in [0.29, 0.717) is 23.6 Å². The summed E-state index contributed by atoms with van der Waals surface area (Å²) in [6.45, 7) is 11.9. The third-order valence-electron chi connectivity index (χ3n) is 4.43. The molecule has 0 radical (unpaired) electrons. The predicted octanol–water partition coefficient (Wildman–Crippen LogP) is 6.48. The molecular weight excluding hydrogens is 421 g/mol. The SMILES string of the molecule is COc1ccc(Br)c(CNC(C)(C)CC(C)(C)C)c1OCc1ccccc1F. The molecule has 0 fully saturated rings. The van der Waals surface area contributed by atoms with Crippen molar-refractivity contribution in [1.82, 2.24) is 5.32 Å². The molecule has 2 aromatic rings. The zero-order valence-corrected chi connectivity index (χ0v) is 19.2. The molecule has 3 nitrogen and oxygen atoms in total. The van der Waals surface area contributed by atoms with Gasteiger partial charge in [-0.25, -0.2) is 4.39 Å². The third-order valence-corrected chi connectivity index (χ3v) is 5.18. The van der Waals surface area contributed by atoms with Crippen LogP contribution >= 0.6 is 15.9 Å². The minimum absolute atomic E-state index is 0.0520. The molecular formula is C23H31BrFNO2. The Morgan fingerprint density at radius 1 is 1.04 bits per heavy atom. The molecule has 154 valence electrons. The van der Waals surface area contributed by atoms with E-state index in [9.17, 15) is 4.39 Å². The van der Waals surface area contributed by atoms with Crippen LogP contribution in [-0.2, 0) is 13.2 Å². The minimum atomic E-state index is -0.276. The lowest BCUT2D eigenvalue weighted by molar-refractivity contribution is 0.237. The topological polar surface area (TPSA) is 30.5 Å². The Balaban J connectivity index is 2.24. The van der Waals surface area contributed by atoms with Crippen molar-refractivity contribution in [3.63, 3.8) is 0 Å². The summed E-state index contributed by atoms with van der Waals surface area (Å²) in [4.78, 5) is 0. The van der Waals surface area contributed by atoms with Crippen LogP contribution in [0, 0.1) is 11.2 Å². The second kappa shape index (κ2) is 9.27. The van der Waals surface area contributed by atoms with Gasteiger partial charge in [0.15, 0.2) is 11.5 Å². The quantitative estimate of drug-likeness (QED) is 0.497. The van der Waals surface area contributed by atoms with Gasteiger partial charge in [0.1, 0.15) is 12.4 Å². The highest BCUT2D eigenvalue weighted by Gasteiger charge is 2.26. The van der Waals surface area contributed by atoms with E-state index in [2.05, 4.69) is 55.9 Å². The lowest BCUT2D eigenvalue weighted by Gasteiger charge is -2.34. The third kappa shape index (κ3) is 6.49. The summed E-state index contributed by atoms with van der Waals surface area (Å²) in [5.41, 5.74) is 1.63. The van der Waals surface area contributed by atoms with Crippen molar-refractivity contribution in [1.29, 1.82) is 0 Å². The van der Waals surface area contributed by atoms with Gasteiger partial charge in [0, 0.05) is 27.7 Å². The number of rotatable bonds is 8. The lowest BCUT2D eigenvalue weighted by Crippen LogP contribution is -2.42. The molecule has 0 aliphatic rings. The maximum Gasteiger partial charge on any atom is 0.167 e. The molecule has 1 N–H and O–H groups in total. The number of ether oxygens (including phenoxy) is 2. The van der Waals surface area contributed by atoms with E-state index >= 15 is 0 Å². The van der Waals surface area contributed by atoms with Crippen molar-refractivity contribution in [3.8, 4) is 11.5 Å². The maximum atomic E-state index is 14.0. The second-order valence-corrected chi connectivity index (χ2v) is 9.77. The van der Waals surface area contributed by atoms with E-state index in [0.717, 1.165) is 16.5 Å². The van der Waals surface area contributed by atoms with Crippen LogP contribution in [0.3, 0.4) is 0 Å². The van der Waals surface area contributed by atoms with Gasteiger partial charge >= 0.3 is 0 Å². The van der Waals surface area contributed by atoms with Crippen molar-refractivity contribution < 1.29 is 13.9 Å². The summed E-state index contributed by atoms with van der Waals surface area (Å²) < 4.78 is 26.5. The van der Waals surface area contributed by atoms with Crippen molar-refractivity contribution in [2.45, 2.75) is 59.7 Å². The molecule has 0 heterocycles. The number of hydrogen-bond donors (Lipinski definition) is 1. The summed E-state index contributed by atoms with van der Waals surface area (Å²) in [6, 6.07) is 10.4. The Hall–Kier alpha value is -1.59. The lowest BCUT2D eigenvalue weighted by atomic mass is 9.81. The standard InChI is InChI=1S/C23H31BrFNO2/c1-22(2,3)15-23(4,5)26-13-17-18(24)11-12-20(27-6)21(17)28-14-16-9-7-8-10-19(16)25/h7-12,26H,13-15H2,1-6H3. The molecule has 5 heteroatoms. The first kappa shape index (κ1) is 22.7. The van der Waals surface area contributed by atoms with Crippen molar-refractivity contribution in [2.24, 2.45) is 5.41 Å². The van der Waals surface area contributed by atoms with Crippen LogP contribution in [-0.4, -0.2) is 12.6 Å². The second-order valence-electron chi connectivity index (χ2n) is 8.91. The Morgan fingerprint density at radius 2 is 1.71 bits per heavy atom. The number of methoxy groups -OCH3 is 1. The van der Waals surface area contributed by atoms with Crippen molar-refractivity contribution in [3.05, 3.63) is 57.8 Å². The Morgan fingerprint density at radius 3 is 2.32 bits per heavy atom. The average Bonchev–Trinajstić information content (AvgIpc) is 2.58. The number of halogens is 2. The highest BCUT2D eigenvalue weighted by molar-refractivity contribution is 9.10. The highest BCUT2D eigenvalue weighted by atomic mass is 79.9. The Labute approximate surface area is 176 Å². The van der Waals surface area contributed by atoms with Gasteiger partial charge in [-0.2, -0.15) is 0 Å². The normalized spacial score (nSPS) is 12.1. The van der Waals surface area contributed by atoms with Crippen LogP contribution in [0.25, 0.3) is 0 Å². The fourth-order valence-electron chi connectivity index (χ4n) is 3.55. The Kier molecular flexibility index (Phi) is 7.52. The van der Waals surface area contributed by atoms with Crippen LogP contribution < -0.4 is 14.8 Å². The first-order valence-electron chi connectivity index (χ1n) is 9.49. The molecule has 0 aliphatic carbocycles. The molecule has 0 unspecified atom stereocenters. The molecule has 0 saturated carbocycles. The summed E-state index contributed by atoms with van der Waals surface area (Å²) >= 11 is 3.63. The monoisotopic (exact) mass is 451 g/mol. The fourth-order valence-corrected chi connectivity index (χ4v) is 4.00. The van der Waals surface area contributed by atoms with Gasteiger partial charge in [-0.3, -0.25) is 0 Å². The van der Waals surface area contributed by atoms with Crippen LogP contribution in [0.4, 0.5) is 4.39 Å². The van der Waals surface area contributed by atoms with Crippen molar-refractivity contribution >= 4 is 15.9 Å². The molecule has 28 heavy (non-hydrogen) atoms. The maximum absolute atomic E-state index is 14.0. The van der Waals surface area contributed by atoms with E-state index < -0.39 is 0 Å². The zero-order valence-electron chi connectivity index (χ0n) is 17.7. The van der Waals surface area contributed by atoms with Crippen LogP contribution in [0.1, 0.15) is 52.2 Å². The zero-order chi connectivity index (χ0) is 20.9. The number of nitrogens with one attached hydrogen (secondary N) is 1. The van der Waals surface area contributed by atoms with Gasteiger partial charge in [-0.1, -0.05) is 54.9 Å². The molecule has 0 saturated heterocycles. The summed E-state index contributed by atoms with van der Waals surface area (Å²) in [6.07, 6.45) is 1.02. The molecule has 0 aromatic heterocycles. The first-order valence-corrected chi connectivity index (χ1v) is 10.3. The number of hydrogen-bond acceptors (Lipinski definition) is 3. The van der Waals surface area contributed by atoms with Gasteiger partial charge in [-0.15, -0.1) is 0 Å². The van der Waals surface area contributed by atoms with E-state index in [1.807, 2.05) is 12.1 Å². The number of benzene rings is 2. The molecule has 0 spiro atoms. The molecule has 0 bridgehead atoms. The molecule has 0 aliphatic heterocycles. The molecule has 2 aromatic carbocycles. The van der Waals surface area contributed by atoms with Crippen LogP contribution in [0.15, 0.2) is 40.9 Å². The van der Waals surface area contributed by atoms with Crippen LogP contribution in [0.5, 0.6) is 11.5 Å². The van der Waals surface area contributed by atoms with E-state index in [1.54, 1.807) is 25.3 Å². The molecule has 0 atom stereocenters. The average molecular weight is 452 g/mol. The summed E-state index contributed by atoms with van der Waals surface area (Å²) in [5, 5.41) is 3.63. The van der Waals surface area contributed by atoms with E-state index in [4.69, 9.17) is 9.47 Å².